The molecule has 0 spiro atoms. The van der Waals surface area contributed by atoms with Gasteiger partial charge in [-0.3, -0.25) is 9.89 Å². The highest BCUT2D eigenvalue weighted by Gasteiger charge is 2.37. The number of aryl methyl sites for hydroxylation is 1. The van der Waals surface area contributed by atoms with E-state index in [0.29, 0.717) is 11.4 Å². The molecule has 1 aromatic rings. The maximum Gasteiger partial charge on any atom is 0.276 e. The lowest BCUT2D eigenvalue weighted by Gasteiger charge is -2.31. The van der Waals surface area contributed by atoms with E-state index >= 15 is 0 Å². The number of aromatic amines is 1. The Bertz CT molecular complexity index is 422. The average molecular weight is 222 g/mol. The van der Waals surface area contributed by atoms with E-state index in [2.05, 4.69) is 24.0 Å². The van der Waals surface area contributed by atoms with Crippen LogP contribution in [0.5, 0.6) is 0 Å². The van der Waals surface area contributed by atoms with Crippen molar-refractivity contribution < 1.29 is 4.79 Å². The van der Waals surface area contributed by atoms with E-state index < -0.39 is 0 Å². The predicted octanol–water partition coefficient (Wildman–Crippen LogP) is 1.31. The van der Waals surface area contributed by atoms with Crippen LogP contribution in [-0.2, 0) is 0 Å². The van der Waals surface area contributed by atoms with E-state index in [4.69, 9.17) is 5.73 Å². The molecule has 0 atom stereocenters. The van der Waals surface area contributed by atoms with E-state index in [1.165, 1.54) is 0 Å². The first kappa shape index (κ1) is 11.0. The monoisotopic (exact) mass is 222 g/mol. The Kier molecular flexibility index (Phi) is 2.40. The number of amides is 1. The van der Waals surface area contributed by atoms with Gasteiger partial charge in [-0.15, -0.1) is 0 Å². The highest BCUT2D eigenvalue weighted by atomic mass is 16.2. The minimum absolute atomic E-state index is 0.0654. The molecule has 5 heteroatoms. The molecule has 1 saturated heterocycles. The first-order valence-electron chi connectivity index (χ1n) is 5.56. The van der Waals surface area contributed by atoms with Gasteiger partial charge in [0.2, 0.25) is 0 Å². The second-order valence-corrected chi connectivity index (χ2v) is 4.98. The number of anilines is 1. The fourth-order valence-corrected chi connectivity index (χ4v) is 2.21. The van der Waals surface area contributed by atoms with Crippen LogP contribution in [0.25, 0.3) is 0 Å². The first-order valence-corrected chi connectivity index (χ1v) is 5.56. The summed E-state index contributed by atoms with van der Waals surface area (Å²) in [4.78, 5) is 14.1. The Labute approximate surface area is 95.0 Å². The smallest absolute Gasteiger partial charge is 0.276 e. The van der Waals surface area contributed by atoms with E-state index in [0.717, 1.165) is 25.1 Å². The van der Waals surface area contributed by atoms with Gasteiger partial charge in [0, 0.05) is 12.1 Å². The van der Waals surface area contributed by atoms with Gasteiger partial charge in [0.1, 0.15) is 0 Å². The van der Waals surface area contributed by atoms with E-state index in [-0.39, 0.29) is 11.4 Å². The fourth-order valence-electron chi connectivity index (χ4n) is 2.21. The fraction of sp³-hybridized carbons (Fsp3) is 0.636. The molecule has 16 heavy (non-hydrogen) atoms. The molecule has 0 aliphatic carbocycles. The SMILES string of the molecule is Cc1[nH]nc(C(=O)N2CCCC2(C)C)c1N. The largest absolute Gasteiger partial charge is 0.395 e. The van der Waals surface area contributed by atoms with Crippen molar-refractivity contribution in [2.75, 3.05) is 12.3 Å². The van der Waals surface area contributed by atoms with Crippen molar-refractivity contribution in [2.45, 2.75) is 39.2 Å². The lowest BCUT2D eigenvalue weighted by Crippen LogP contribution is -2.43. The molecule has 88 valence electrons. The van der Waals surface area contributed by atoms with Gasteiger partial charge in [0.25, 0.3) is 5.91 Å². The number of nitrogens with zero attached hydrogens (tertiary/aromatic N) is 2. The van der Waals surface area contributed by atoms with Crippen LogP contribution >= 0.6 is 0 Å². The number of rotatable bonds is 1. The number of nitrogens with one attached hydrogen (secondary N) is 1. The number of nitrogen functional groups attached to an aromatic ring is 1. The van der Waals surface area contributed by atoms with Gasteiger partial charge in [-0.05, 0) is 33.6 Å². The molecule has 0 bridgehead atoms. The zero-order valence-electron chi connectivity index (χ0n) is 10.0. The highest BCUT2D eigenvalue weighted by Crippen LogP contribution is 2.30. The summed E-state index contributed by atoms with van der Waals surface area (Å²) < 4.78 is 0. The van der Waals surface area contributed by atoms with Crippen molar-refractivity contribution in [1.82, 2.24) is 15.1 Å². The van der Waals surface area contributed by atoms with Gasteiger partial charge in [-0.2, -0.15) is 5.10 Å². The zero-order chi connectivity index (χ0) is 11.9. The van der Waals surface area contributed by atoms with E-state index in [9.17, 15) is 4.79 Å². The molecule has 3 N–H and O–H groups in total. The van der Waals surface area contributed by atoms with Crippen molar-refractivity contribution in [1.29, 1.82) is 0 Å². The third-order valence-electron chi connectivity index (χ3n) is 3.34. The zero-order valence-corrected chi connectivity index (χ0v) is 10.0. The summed E-state index contributed by atoms with van der Waals surface area (Å²) in [5.74, 6) is -0.0654. The molecule has 0 saturated carbocycles. The summed E-state index contributed by atoms with van der Waals surface area (Å²) in [7, 11) is 0. The Balaban J connectivity index is 2.29. The minimum atomic E-state index is -0.0869. The molecular formula is C11H18N4O. The number of nitrogens with two attached hydrogens (primary N) is 1. The molecule has 2 heterocycles. The summed E-state index contributed by atoms with van der Waals surface area (Å²) in [6.45, 7) is 6.76. The van der Waals surface area contributed by atoms with Gasteiger partial charge in [0.05, 0.1) is 11.4 Å². The summed E-state index contributed by atoms with van der Waals surface area (Å²) in [5, 5.41) is 6.73. The van der Waals surface area contributed by atoms with Crippen molar-refractivity contribution in [2.24, 2.45) is 0 Å². The van der Waals surface area contributed by atoms with E-state index in [1.807, 2.05) is 11.8 Å². The van der Waals surface area contributed by atoms with Crippen LogP contribution in [0, 0.1) is 6.92 Å². The molecule has 0 unspecified atom stereocenters. The van der Waals surface area contributed by atoms with Gasteiger partial charge in [-0.25, -0.2) is 0 Å². The number of carbonyl (C=O) groups is 1. The second kappa shape index (κ2) is 3.50. The number of likely N-dealkylation sites (tertiary alicyclic amines) is 1. The van der Waals surface area contributed by atoms with Crippen LogP contribution in [0.1, 0.15) is 42.9 Å². The molecule has 1 fully saturated rings. The van der Waals surface area contributed by atoms with Crippen LogP contribution in [0.3, 0.4) is 0 Å². The Hall–Kier alpha value is -1.52. The van der Waals surface area contributed by atoms with Crippen LogP contribution in [-0.4, -0.2) is 33.1 Å². The lowest BCUT2D eigenvalue weighted by atomic mass is 10.0. The molecule has 2 rings (SSSR count). The summed E-state index contributed by atoms with van der Waals surface area (Å²) >= 11 is 0. The van der Waals surface area contributed by atoms with Crippen molar-refractivity contribution in [3.05, 3.63) is 11.4 Å². The maximum absolute atomic E-state index is 12.3. The summed E-state index contributed by atoms with van der Waals surface area (Å²) in [5.41, 5.74) is 7.30. The van der Waals surface area contributed by atoms with Crippen molar-refractivity contribution in [3.8, 4) is 0 Å². The Morgan fingerprint density at radius 1 is 1.56 bits per heavy atom. The molecule has 0 radical (unpaired) electrons. The highest BCUT2D eigenvalue weighted by molar-refractivity contribution is 5.98. The second-order valence-electron chi connectivity index (χ2n) is 4.98. The summed E-state index contributed by atoms with van der Waals surface area (Å²) in [6, 6.07) is 0. The maximum atomic E-state index is 12.3. The van der Waals surface area contributed by atoms with Crippen LogP contribution in [0.2, 0.25) is 0 Å². The topological polar surface area (TPSA) is 75.0 Å². The average Bonchev–Trinajstić information content (AvgIpc) is 2.71. The lowest BCUT2D eigenvalue weighted by molar-refractivity contribution is 0.0647. The number of H-pyrrole nitrogens is 1. The van der Waals surface area contributed by atoms with Crippen molar-refractivity contribution >= 4 is 11.6 Å². The Morgan fingerprint density at radius 2 is 2.25 bits per heavy atom. The molecule has 1 aliphatic rings. The quantitative estimate of drug-likeness (QED) is 0.752. The van der Waals surface area contributed by atoms with Gasteiger partial charge in [-0.1, -0.05) is 0 Å². The molecule has 1 amide bonds. The standard InChI is InChI=1S/C11H18N4O/c1-7-8(12)9(14-13-7)10(16)15-6-4-5-11(15,2)3/h4-6,12H2,1-3H3,(H,13,14). The van der Waals surface area contributed by atoms with Gasteiger partial charge < -0.3 is 10.6 Å². The van der Waals surface area contributed by atoms with Crippen LogP contribution in [0.4, 0.5) is 5.69 Å². The van der Waals surface area contributed by atoms with Crippen LogP contribution in [0.15, 0.2) is 0 Å². The molecule has 1 aromatic heterocycles. The summed E-state index contributed by atoms with van der Waals surface area (Å²) in [6.07, 6.45) is 2.07. The van der Waals surface area contributed by atoms with Gasteiger partial charge in [0.15, 0.2) is 5.69 Å². The third kappa shape index (κ3) is 1.56. The number of aromatic nitrogens is 2. The number of hydrogen-bond donors (Lipinski definition) is 2. The molecule has 1 aliphatic heterocycles. The first-order chi connectivity index (χ1) is 7.43. The van der Waals surface area contributed by atoms with E-state index in [1.54, 1.807) is 0 Å². The predicted molar refractivity (Wildman–Crippen MR) is 62.1 cm³/mol. The van der Waals surface area contributed by atoms with Gasteiger partial charge >= 0.3 is 0 Å². The normalized spacial score (nSPS) is 19.1. The molecular weight excluding hydrogens is 204 g/mol. The minimum Gasteiger partial charge on any atom is -0.395 e. The molecule has 0 aromatic carbocycles. The third-order valence-corrected chi connectivity index (χ3v) is 3.34. The number of carbonyl (C=O) groups excluding carboxylic acids is 1. The van der Waals surface area contributed by atoms with Crippen molar-refractivity contribution in [3.63, 3.8) is 0 Å². The Morgan fingerprint density at radius 3 is 2.69 bits per heavy atom. The number of hydrogen-bond acceptors (Lipinski definition) is 3. The molecule has 5 nitrogen and oxygen atoms in total. The van der Waals surface area contributed by atoms with Crippen LogP contribution < -0.4 is 5.73 Å².